The first kappa shape index (κ1) is 13.3. The Balaban J connectivity index is 1.84. The van der Waals surface area contributed by atoms with Crippen LogP contribution in [0.2, 0.25) is 0 Å². The fourth-order valence-corrected chi connectivity index (χ4v) is 2.65. The van der Waals surface area contributed by atoms with Crippen molar-refractivity contribution in [2.45, 2.75) is 0 Å². The molecule has 23 heavy (non-hydrogen) atoms. The van der Waals surface area contributed by atoms with Crippen LogP contribution in [0.1, 0.15) is 5.56 Å². The number of amides is 1. The molecule has 0 saturated carbocycles. The van der Waals surface area contributed by atoms with Crippen molar-refractivity contribution >= 4 is 28.7 Å². The van der Waals surface area contributed by atoms with E-state index in [9.17, 15) is 4.79 Å². The van der Waals surface area contributed by atoms with Crippen LogP contribution in [0, 0.1) is 0 Å². The first-order chi connectivity index (χ1) is 11.3. The van der Waals surface area contributed by atoms with Gasteiger partial charge in [-0.3, -0.25) is 9.89 Å². The van der Waals surface area contributed by atoms with Crippen LogP contribution >= 0.6 is 0 Å². The molecule has 2 aromatic carbocycles. The molecule has 3 aromatic rings. The van der Waals surface area contributed by atoms with Crippen molar-refractivity contribution in [3.05, 3.63) is 78.6 Å². The zero-order chi connectivity index (χ0) is 15.6. The maximum Gasteiger partial charge on any atom is 0.257 e. The number of carbonyl (C=O) groups excluding carboxylic acids is 1. The zero-order valence-corrected chi connectivity index (χ0v) is 12.2. The molecule has 1 amide bonds. The average Bonchev–Trinajstić information content (AvgIpc) is 3.21. The number of nitrogens with zero attached hydrogens (tertiary/aromatic N) is 2. The van der Waals surface area contributed by atoms with Gasteiger partial charge in [0.05, 0.1) is 11.8 Å². The van der Waals surface area contributed by atoms with E-state index < -0.39 is 0 Å². The number of para-hydroxylation sites is 2. The fourth-order valence-electron chi connectivity index (χ4n) is 2.65. The minimum absolute atomic E-state index is 0.105. The molecule has 0 bridgehead atoms. The molecule has 1 aliphatic heterocycles. The quantitative estimate of drug-likeness (QED) is 0.727. The van der Waals surface area contributed by atoms with Gasteiger partial charge in [-0.05, 0) is 18.2 Å². The highest BCUT2D eigenvalue weighted by atomic mass is 16.2. The van der Waals surface area contributed by atoms with Gasteiger partial charge in [-0.15, -0.1) is 0 Å². The molecule has 5 heteroatoms. The number of fused-ring (bicyclic) bond motifs is 1. The molecule has 0 atom stereocenters. The van der Waals surface area contributed by atoms with Crippen molar-refractivity contribution < 1.29 is 4.79 Å². The van der Waals surface area contributed by atoms with Crippen LogP contribution in [0.3, 0.4) is 0 Å². The van der Waals surface area contributed by atoms with Crippen LogP contribution in [0.25, 0.3) is 5.57 Å². The molecule has 0 spiro atoms. The molecule has 0 saturated heterocycles. The molecule has 5 nitrogen and oxygen atoms in total. The number of hydrogen-bond acceptors (Lipinski definition) is 3. The summed E-state index contributed by atoms with van der Waals surface area (Å²) in [5.41, 5.74) is 3.31. The number of anilines is 3. The molecule has 4 rings (SSSR count). The predicted octanol–water partition coefficient (Wildman–Crippen LogP) is 3.54. The van der Waals surface area contributed by atoms with Gasteiger partial charge in [-0.25, -0.2) is 0 Å². The van der Waals surface area contributed by atoms with Crippen LogP contribution in [0.15, 0.2) is 73.1 Å². The summed E-state index contributed by atoms with van der Waals surface area (Å²) >= 11 is 0. The van der Waals surface area contributed by atoms with Gasteiger partial charge in [0.15, 0.2) is 0 Å². The summed E-state index contributed by atoms with van der Waals surface area (Å²) in [6, 6.07) is 19.4. The van der Waals surface area contributed by atoms with Crippen molar-refractivity contribution in [3.63, 3.8) is 0 Å². The van der Waals surface area contributed by atoms with Crippen molar-refractivity contribution in [1.29, 1.82) is 0 Å². The Morgan fingerprint density at radius 2 is 1.74 bits per heavy atom. The molecule has 112 valence electrons. The Kier molecular flexibility index (Phi) is 3.16. The first-order valence-electron chi connectivity index (χ1n) is 7.29. The van der Waals surface area contributed by atoms with Crippen LogP contribution < -0.4 is 10.2 Å². The number of carbonyl (C=O) groups is 1. The maximum atomic E-state index is 12.3. The van der Waals surface area contributed by atoms with E-state index in [-0.39, 0.29) is 5.91 Å². The zero-order valence-electron chi connectivity index (χ0n) is 12.2. The minimum Gasteiger partial charge on any atom is -0.321 e. The smallest absolute Gasteiger partial charge is 0.257 e. The summed E-state index contributed by atoms with van der Waals surface area (Å²) in [4.78, 5) is 14.3. The Hall–Kier alpha value is -3.34. The van der Waals surface area contributed by atoms with Gasteiger partial charge in [0, 0.05) is 29.2 Å². The lowest BCUT2D eigenvalue weighted by molar-refractivity contribution is -0.110. The number of H-pyrrole nitrogens is 1. The SMILES string of the molecule is O=C1Nc2ccccc2C1=CN(c1ccccc1)c1ccn[nH]1. The molecule has 1 aromatic heterocycles. The van der Waals surface area contributed by atoms with Crippen molar-refractivity contribution in [2.75, 3.05) is 10.2 Å². The van der Waals surface area contributed by atoms with E-state index in [1.54, 1.807) is 6.20 Å². The van der Waals surface area contributed by atoms with E-state index in [0.717, 1.165) is 22.8 Å². The number of nitrogens with one attached hydrogen (secondary N) is 2. The standard InChI is InChI=1S/C18H14N4O/c23-18-15(14-8-4-5-9-16(14)20-18)12-22(17-10-11-19-21-17)13-6-2-1-3-7-13/h1-12H,(H,19,21)(H,20,23). The minimum atomic E-state index is -0.105. The molecule has 1 aliphatic rings. The normalized spacial score (nSPS) is 14.6. The van der Waals surface area contributed by atoms with Gasteiger partial charge in [0.25, 0.3) is 5.91 Å². The van der Waals surface area contributed by atoms with Crippen LogP contribution in [0.4, 0.5) is 17.2 Å². The summed E-state index contributed by atoms with van der Waals surface area (Å²) in [5, 5.41) is 9.85. The Labute approximate surface area is 133 Å². The third-order valence-electron chi connectivity index (χ3n) is 3.75. The topological polar surface area (TPSA) is 61.0 Å². The molecule has 0 aliphatic carbocycles. The van der Waals surface area contributed by atoms with Gasteiger partial charge in [-0.2, -0.15) is 5.10 Å². The Morgan fingerprint density at radius 1 is 0.957 bits per heavy atom. The van der Waals surface area contributed by atoms with Gasteiger partial charge in [0.2, 0.25) is 0 Å². The summed E-state index contributed by atoms with van der Waals surface area (Å²) < 4.78 is 0. The third-order valence-corrected chi connectivity index (χ3v) is 3.75. The third kappa shape index (κ3) is 2.38. The van der Waals surface area contributed by atoms with E-state index in [0.29, 0.717) is 5.57 Å². The Morgan fingerprint density at radius 3 is 2.52 bits per heavy atom. The number of aromatic nitrogens is 2. The second kappa shape index (κ2) is 5.46. The van der Waals surface area contributed by atoms with Crippen LogP contribution in [-0.4, -0.2) is 16.1 Å². The fraction of sp³-hybridized carbons (Fsp3) is 0. The van der Waals surface area contributed by atoms with Crippen LogP contribution in [0.5, 0.6) is 0 Å². The lowest BCUT2D eigenvalue weighted by Gasteiger charge is -2.19. The molecule has 0 fully saturated rings. The first-order valence-corrected chi connectivity index (χ1v) is 7.29. The lowest BCUT2D eigenvalue weighted by Crippen LogP contribution is -2.13. The van der Waals surface area contributed by atoms with E-state index in [2.05, 4.69) is 15.5 Å². The number of hydrogen-bond donors (Lipinski definition) is 2. The van der Waals surface area contributed by atoms with Gasteiger partial charge >= 0.3 is 0 Å². The Bertz CT molecular complexity index is 869. The average molecular weight is 302 g/mol. The molecular weight excluding hydrogens is 288 g/mol. The highest BCUT2D eigenvalue weighted by molar-refractivity contribution is 6.31. The second-order valence-corrected chi connectivity index (χ2v) is 5.19. The molecule has 2 heterocycles. The van der Waals surface area contributed by atoms with Gasteiger partial charge in [-0.1, -0.05) is 36.4 Å². The summed E-state index contributed by atoms with van der Waals surface area (Å²) in [5.74, 6) is 0.688. The lowest BCUT2D eigenvalue weighted by atomic mass is 10.1. The summed E-state index contributed by atoms with van der Waals surface area (Å²) in [6.45, 7) is 0. The van der Waals surface area contributed by atoms with E-state index >= 15 is 0 Å². The number of aromatic amines is 1. The predicted molar refractivity (Wildman–Crippen MR) is 90.2 cm³/mol. The van der Waals surface area contributed by atoms with E-state index in [4.69, 9.17) is 0 Å². The van der Waals surface area contributed by atoms with E-state index in [1.165, 1.54) is 0 Å². The van der Waals surface area contributed by atoms with Crippen molar-refractivity contribution in [2.24, 2.45) is 0 Å². The van der Waals surface area contributed by atoms with Crippen molar-refractivity contribution in [3.8, 4) is 0 Å². The summed E-state index contributed by atoms with van der Waals surface area (Å²) in [7, 11) is 0. The second-order valence-electron chi connectivity index (χ2n) is 5.19. The number of benzene rings is 2. The largest absolute Gasteiger partial charge is 0.321 e. The van der Waals surface area contributed by atoms with E-state index in [1.807, 2.05) is 71.8 Å². The van der Waals surface area contributed by atoms with Gasteiger partial charge < -0.3 is 10.2 Å². The maximum absolute atomic E-state index is 12.3. The molecular formula is C18H14N4O. The molecule has 0 radical (unpaired) electrons. The molecule has 0 unspecified atom stereocenters. The van der Waals surface area contributed by atoms with Crippen molar-refractivity contribution in [1.82, 2.24) is 10.2 Å². The van der Waals surface area contributed by atoms with Gasteiger partial charge in [0.1, 0.15) is 5.82 Å². The molecule has 2 N–H and O–H groups in total. The number of rotatable bonds is 3. The monoisotopic (exact) mass is 302 g/mol. The highest BCUT2D eigenvalue weighted by Gasteiger charge is 2.25. The highest BCUT2D eigenvalue weighted by Crippen LogP contribution is 2.34. The summed E-state index contributed by atoms with van der Waals surface area (Å²) in [6.07, 6.45) is 3.52. The van der Waals surface area contributed by atoms with Crippen LogP contribution in [-0.2, 0) is 4.79 Å².